The summed E-state index contributed by atoms with van der Waals surface area (Å²) in [6.07, 6.45) is 6.22. The van der Waals surface area contributed by atoms with E-state index < -0.39 is 0 Å². The SMILES string of the molecule is Cn1nc(CC2CC3CCC(C2)N3)nc1N. The van der Waals surface area contributed by atoms with E-state index in [-0.39, 0.29) is 0 Å². The lowest BCUT2D eigenvalue weighted by Crippen LogP contribution is -2.38. The number of nitrogens with zero attached hydrogens (tertiary/aromatic N) is 3. The molecule has 2 aliphatic rings. The molecule has 0 radical (unpaired) electrons. The molecule has 2 atom stereocenters. The molecule has 2 fully saturated rings. The van der Waals surface area contributed by atoms with Crippen LogP contribution in [0.1, 0.15) is 31.5 Å². The van der Waals surface area contributed by atoms with Gasteiger partial charge in [0.05, 0.1) is 0 Å². The monoisotopic (exact) mass is 221 g/mol. The largest absolute Gasteiger partial charge is 0.368 e. The Balaban J connectivity index is 1.66. The number of anilines is 1. The number of aryl methyl sites for hydroxylation is 1. The number of aromatic nitrogens is 3. The lowest BCUT2D eigenvalue weighted by Gasteiger charge is -2.28. The van der Waals surface area contributed by atoms with Gasteiger partial charge in [-0.1, -0.05) is 0 Å². The van der Waals surface area contributed by atoms with Gasteiger partial charge in [0.1, 0.15) is 0 Å². The fourth-order valence-corrected chi connectivity index (χ4v) is 3.14. The van der Waals surface area contributed by atoms with Crippen LogP contribution in [-0.4, -0.2) is 26.8 Å². The Morgan fingerprint density at radius 3 is 2.62 bits per heavy atom. The van der Waals surface area contributed by atoms with Gasteiger partial charge in [-0.2, -0.15) is 10.1 Å². The van der Waals surface area contributed by atoms with Gasteiger partial charge in [0.25, 0.3) is 0 Å². The highest BCUT2D eigenvalue weighted by atomic mass is 15.4. The smallest absolute Gasteiger partial charge is 0.218 e. The molecule has 2 bridgehead atoms. The predicted molar refractivity (Wildman–Crippen MR) is 61.8 cm³/mol. The minimum absolute atomic E-state index is 0.520. The van der Waals surface area contributed by atoms with Gasteiger partial charge in [0.2, 0.25) is 5.95 Å². The van der Waals surface area contributed by atoms with Gasteiger partial charge in [0, 0.05) is 25.6 Å². The van der Waals surface area contributed by atoms with Crippen LogP contribution in [0.15, 0.2) is 0 Å². The van der Waals surface area contributed by atoms with Crippen LogP contribution in [0.5, 0.6) is 0 Å². The zero-order chi connectivity index (χ0) is 11.1. The van der Waals surface area contributed by atoms with E-state index in [0.717, 1.165) is 30.2 Å². The second-order valence-electron chi connectivity index (χ2n) is 5.19. The number of hydrogen-bond donors (Lipinski definition) is 2. The van der Waals surface area contributed by atoms with Crippen molar-refractivity contribution in [2.45, 2.75) is 44.2 Å². The molecule has 2 saturated heterocycles. The van der Waals surface area contributed by atoms with E-state index in [0.29, 0.717) is 5.95 Å². The molecule has 0 amide bonds. The Bertz CT molecular complexity index is 354. The van der Waals surface area contributed by atoms with Crippen LogP contribution in [-0.2, 0) is 13.5 Å². The summed E-state index contributed by atoms with van der Waals surface area (Å²) in [6, 6.07) is 1.48. The van der Waals surface area contributed by atoms with Crippen LogP contribution in [0.25, 0.3) is 0 Å². The first-order valence-corrected chi connectivity index (χ1v) is 6.12. The molecule has 1 aromatic heterocycles. The summed E-state index contributed by atoms with van der Waals surface area (Å²) in [6.45, 7) is 0. The number of hydrogen-bond acceptors (Lipinski definition) is 4. The average molecular weight is 221 g/mol. The second-order valence-corrected chi connectivity index (χ2v) is 5.19. The molecule has 0 aromatic carbocycles. The normalized spacial score (nSPS) is 33.2. The van der Waals surface area contributed by atoms with Gasteiger partial charge in [0.15, 0.2) is 5.82 Å². The molecule has 3 heterocycles. The molecule has 2 aliphatic heterocycles. The minimum Gasteiger partial charge on any atom is -0.368 e. The van der Waals surface area contributed by atoms with Gasteiger partial charge >= 0.3 is 0 Å². The summed E-state index contributed by atoms with van der Waals surface area (Å²) in [5, 5.41) is 7.99. The van der Waals surface area contributed by atoms with Crippen molar-refractivity contribution in [1.29, 1.82) is 0 Å². The molecule has 0 spiro atoms. The Morgan fingerprint density at radius 1 is 1.38 bits per heavy atom. The van der Waals surface area contributed by atoms with Crippen molar-refractivity contribution in [1.82, 2.24) is 20.1 Å². The van der Waals surface area contributed by atoms with Crippen LogP contribution in [0.4, 0.5) is 5.95 Å². The van der Waals surface area contributed by atoms with Gasteiger partial charge < -0.3 is 11.1 Å². The standard InChI is InChI=1S/C11H19N5/c1-16-11(12)14-10(15-16)6-7-4-8-2-3-9(5-7)13-8/h7-9,13H,2-6H2,1H3,(H2,12,14,15). The van der Waals surface area contributed by atoms with Crippen LogP contribution in [0, 0.1) is 5.92 Å². The molecule has 16 heavy (non-hydrogen) atoms. The fourth-order valence-electron chi connectivity index (χ4n) is 3.14. The van der Waals surface area contributed by atoms with E-state index in [1.54, 1.807) is 4.68 Å². The Morgan fingerprint density at radius 2 is 2.06 bits per heavy atom. The van der Waals surface area contributed by atoms with Crippen LogP contribution in [0.3, 0.4) is 0 Å². The molecule has 3 N–H and O–H groups in total. The summed E-state index contributed by atoms with van der Waals surface area (Å²) in [5.74, 6) is 2.17. The molecule has 0 saturated carbocycles. The van der Waals surface area contributed by atoms with Crippen molar-refractivity contribution in [3.8, 4) is 0 Å². The number of piperidine rings is 1. The quantitative estimate of drug-likeness (QED) is 0.761. The fraction of sp³-hybridized carbons (Fsp3) is 0.818. The van der Waals surface area contributed by atoms with E-state index >= 15 is 0 Å². The molecule has 3 rings (SSSR count). The van der Waals surface area contributed by atoms with Crippen molar-refractivity contribution in [3.05, 3.63) is 5.82 Å². The van der Waals surface area contributed by atoms with E-state index in [9.17, 15) is 0 Å². The van der Waals surface area contributed by atoms with Gasteiger partial charge in [-0.25, -0.2) is 4.68 Å². The van der Waals surface area contributed by atoms with Crippen molar-refractivity contribution >= 4 is 5.95 Å². The number of nitrogens with two attached hydrogens (primary N) is 1. The summed E-state index contributed by atoms with van der Waals surface area (Å²) in [7, 11) is 1.85. The lowest BCUT2D eigenvalue weighted by atomic mass is 9.89. The number of rotatable bonds is 2. The summed E-state index contributed by atoms with van der Waals surface area (Å²) < 4.78 is 1.66. The summed E-state index contributed by atoms with van der Waals surface area (Å²) in [4.78, 5) is 4.28. The van der Waals surface area contributed by atoms with Gasteiger partial charge in [-0.15, -0.1) is 0 Å². The molecule has 0 aliphatic carbocycles. The zero-order valence-corrected chi connectivity index (χ0v) is 9.69. The Kier molecular flexibility index (Phi) is 2.35. The topological polar surface area (TPSA) is 68.8 Å². The maximum absolute atomic E-state index is 5.69. The number of nitrogen functional groups attached to an aromatic ring is 1. The van der Waals surface area contributed by atoms with E-state index in [2.05, 4.69) is 15.4 Å². The zero-order valence-electron chi connectivity index (χ0n) is 9.69. The van der Waals surface area contributed by atoms with Crippen LogP contribution in [0.2, 0.25) is 0 Å². The molecular weight excluding hydrogens is 202 g/mol. The third-order valence-corrected chi connectivity index (χ3v) is 3.88. The summed E-state index contributed by atoms with van der Waals surface area (Å²) in [5.41, 5.74) is 5.69. The summed E-state index contributed by atoms with van der Waals surface area (Å²) >= 11 is 0. The second kappa shape index (κ2) is 3.73. The van der Waals surface area contributed by atoms with Crippen LogP contribution >= 0.6 is 0 Å². The van der Waals surface area contributed by atoms with Crippen molar-refractivity contribution in [2.75, 3.05) is 5.73 Å². The number of nitrogens with one attached hydrogen (secondary N) is 1. The third-order valence-electron chi connectivity index (χ3n) is 3.88. The molecule has 1 aromatic rings. The van der Waals surface area contributed by atoms with Crippen molar-refractivity contribution in [3.63, 3.8) is 0 Å². The Hall–Kier alpha value is -1.10. The first-order valence-electron chi connectivity index (χ1n) is 6.12. The van der Waals surface area contributed by atoms with Crippen molar-refractivity contribution < 1.29 is 0 Å². The van der Waals surface area contributed by atoms with E-state index in [4.69, 9.17) is 5.73 Å². The van der Waals surface area contributed by atoms with E-state index in [1.807, 2.05) is 7.05 Å². The Labute approximate surface area is 95.4 Å². The molecule has 5 nitrogen and oxygen atoms in total. The average Bonchev–Trinajstić information content (AvgIpc) is 2.72. The molecular formula is C11H19N5. The highest BCUT2D eigenvalue weighted by Gasteiger charge is 2.33. The first-order chi connectivity index (χ1) is 7.70. The molecule has 2 unspecified atom stereocenters. The minimum atomic E-state index is 0.520. The highest BCUT2D eigenvalue weighted by molar-refractivity contribution is 5.15. The number of fused-ring (bicyclic) bond motifs is 2. The van der Waals surface area contributed by atoms with Crippen LogP contribution < -0.4 is 11.1 Å². The van der Waals surface area contributed by atoms with Gasteiger partial charge in [-0.05, 0) is 31.6 Å². The predicted octanol–water partition coefficient (Wildman–Crippen LogP) is 0.470. The van der Waals surface area contributed by atoms with Gasteiger partial charge in [-0.3, -0.25) is 0 Å². The molecule has 88 valence electrons. The van der Waals surface area contributed by atoms with E-state index in [1.165, 1.54) is 25.7 Å². The third kappa shape index (κ3) is 1.80. The lowest BCUT2D eigenvalue weighted by molar-refractivity contribution is 0.295. The molecule has 5 heteroatoms. The maximum atomic E-state index is 5.69. The first kappa shape index (κ1) is 10.1. The maximum Gasteiger partial charge on any atom is 0.218 e. The van der Waals surface area contributed by atoms with Crippen molar-refractivity contribution in [2.24, 2.45) is 13.0 Å². The highest BCUT2D eigenvalue weighted by Crippen LogP contribution is 2.32.